The monoisotopic (exact) mass is 426 g/mol. The maximum absolute atomic E-state index is 13.7. The van der Waals surface area contributed by atoms with Crippen molar-refractivity contribution >= 4 is 34.7 Å². The lowest BCUT2D eigenvalue weighted by atomic mass is 9.91. The van der Waals surface area contributed by atoms with E-state index in [1.807, 2.05) is 0 Å². The summed E-state index contributed by atoms with van der Waals surface area (Å²) in [4.78, 5) is 38.9. The molecule has 8 heteroatoms. The molecule has 0 atom stereocenters. The van der Waals surface area contributed by atoms with Crippen molar-refractivity contribution in [3.8, 4) is 0 Å². The van der Waals surface area contributed by atoms with E-state index in [2.05, 4.69) is 19.9 Å². The Labute approximate surface area is 179 Å². The zero-order chi connectivity index (χ0) is 20.9. The number of nitrogens with zero attached hydrogens (tertiary/aromatic N) is 4. The zero-order valence-electron chi connectivity index (χ0n) is 16.6. The molecule has 2 aliphatic rings. The van der Waals surface area contributed by atoms with Gasteiger partial charge >= 0.3 is 0 Å². The smallest absolute Gasteiger partial charge is 0.225 e. The van der Waals surface area contributed by atoms with Gasteiger partial charge < -0.3 is 4.90 Å². The van der Waals surface area contributed by atoms with Crippen LogP contribution in [0.2, 0.25) is 0 Å². The molecular weight excluding hydrogens is 403 g/mol. The van der Waals surface area contributed by atoms with Crippen LogP contribution in [0.3, 0.4) is 0 Å². The van der Waals surface area contributed by atoms with E-state index in [-0.39, 0.29) is 23.1 Å². The second-order valence-electron chi connectivity index (χ2n) is 7.62. The summed E-state index contributed by atoms with van der Waals surface area (Å²) >= 11 is 0.988. The number of anilines is 1. The van der Waals surface area contributed by atoms with Gasteiger partial charge in [0.05, 0.1) is 22.7 Å². The standard InChI is InChI=1S/C22H23FN4O2S/c23-17-4-2-9-24-18(17)5-1-3-15-7-11-27(12-8-15)22-25-10-6-16(26-22)13-20-19(28)14-21(29)30-20/h2,4,6,9-10,13,15H,1,3,5,7-8,11-12,14H2/b20-13-. The molecule has 0 bridgehead atoms. The minimum atomic E-state index is -0.221. The van der Waals surface area contributed by atoms with Crippen LogP contribution in [0.15, 0.2) is 35.5 Å². The number of hydrogen-bond donors (Lipinski definition) is 0. The molecule has 0 amide bonds. The largest absolute Gasteiger partial charge is 0.341 e. The van der Waals surface area contributed by atoms with Crippen molar-refractivity contribution in [1.29, 1.82) is 0 Å². The van der Waals surface area contributed by atoms with Crippen LogP contribution in [0, 0.1) is 11.7 Å². The summed E-state index contributed by atoms with van der Waals surface area (Å²) in [6, 6.07) is 4.83. The second-order valence-corrected chi connectivity index (χ2v) is 8.72. The Bertz CT molecular complexity index is 973. The predicted molar refractivity (Wildman–Crippen MR) is 114 cm³/mol. The van der Waals surface area contributed by atoms with Crippen molar-refractivity contribution < 1.29 is 14.0 Å². The van der Waals surface area contributed by atoms with Crippen molar-refractivity contribution in [2.45, 2.75) is 38.5 Å². The third kappa shape index (κ3) is 5.11. The van der Waals surface area contributed by atoms with Gasteiger partial charge in [0.25, 0.3) is 0 Å². The molecule has 2 aromatic heterocycles. The normalized spacial score (nSPS) is 19.1. The number of thioether (sulfide) groups is 1. The summed E-state index contributed by atoms with van der Waals surface area (Å²) in [5, 5.41) is -0.117. The molecule has 4 heterocycles. The van der Waals surface area contributed by atoms with Crippen molar-refractivity contribution in [2.75, 3.05) is 18.0 Å². The molecule has 0 aliphatic carbocycles. The molecule has 2 aromatic rings. The summed E-state index contributed by atoms with van der Waals surface area (Å²) in [5.41, 5.74) is 1.19. The minimum absolute atomic E-state index is 0.0328. The van der Waals surface area contributed by atoms with Gasteiger partial charge in [0.1, 0.15) is 5.82 Å². The number of carbonyl (C=O) groups excluding carboxylic acids is 2. The summed E-state index contributed by atoms with van der Waals surface area (Å²) in [7, 11) is 0. The molecule has 0 spiro atoms. The number of aryl methyl sites for hydroxylation is 1. The molecule has 4 rings (SSSR count). The number of Topliss-reactive ketones (excluding diaryl/α,β-unsaturated/α-hetero) is 1. The van der Waals surface area contributed by atoms with Gasteiger partial charge in [0.2, 0.25) is 11.1 Å². The molecule has 2 aliphatic heterocycles. The lowest BCUT2D eigenvalue weighted by Crippen LogP contribution is -2.35. The van der Waals surface area contributed by atoms with E-state index in [0.717, 1.165) is 50.5 Å². The fourth-order valence-corrected chi connectivity index (χ4v) is 4.67. The van der Waals surface area contributed by atoms with Gasteiger partial charge in [0.15, 0.2) is 5.78 Å². The summed E-state index contributed by atoms with van der Waals surface area (Å²) in [5.74, 6) is 0.898. The van der Waals surface area contributed by atoms with E-state index in [9.17, 15) is 14.0 Å². The Morgan fingerprint density at radius 1 is 1.17 bits per heavy atom. The average molecular weight is 427 g/mol. The van der Waals surface area contributed by atoms with Gasteiger partial charge in [-0.1, -0.05) is 0 Å². The van der Waals surface area contributed by atoms with Crippen LogP contribution in [0.25, 0.3) is 6.08 Å². The molecule has 156 valence electrons. The Morgan fingerprint density at radius 2 is 2.00 bits per heavy atom. The number of carbonyl (C=O) groups is 2. The lowest BCUT2D eigenvalue weighted by Gasteiger charge is -2.32. The SMILES string of the molecule is O=C1CC(=O)/C(=C/c2ccnc(N3CCC(CCCc4ncccc4F)CC3)n2)S1. The molecule has 2 saturated heterocycles. The number of allylic oxidation sites excluding steroid dienone is 1. The Kier molecular flexibility index (Phi) is 6.52. The molecular formula is C22H23FN4O2S. The minimum Gasteiger partial charge on any atom is -0.341 e. The first-order chi connectivity index (χ1) is 14.6. The van der Waals surface area contributed by atoms with E-state index in [1.165, 1.54) is 6.07 Å². The van der Waals surface area contributed by atoms with Crippen molar-refractivity contribution in [3.05, 3.63) is 52.7 Å². The van der Waals surface area contributed by atoms with Crippen LogP contribution in [-0.2, 0) is 16.0 Å². The maximum Gasteiger partial charge on any atom is 0.225 e. The van der Waals surface area contributed by atoms with Crippen molar-refractivity contribution in [1.82, 2.24) is 15.0 Å². The van der Waals surface area contributed by atoms with E-state index in [4.69, 9.17) is 0 Å². The average Bonchev–Trinajstić information content (AvgIpc) is 3.07. The topological polar surface area (TPSA) is 76.1 Å². The number of aromatic nitrogens is 3. The van der Waals surface area contributed by atoms with Crippen molar-refractivity contribution in [3.63, 3.8) is 0 Å². The number of pyridine rings is 1. The molecule has 0 radical (unpaired) electrons. The molecule has 2 fully saturated rings. The highest BCUT2D eigenvalue weighted by atomic mass is 32.2. The first-order valence-electron chi connectivity index (χ1n) is 10.2. The number of rotatable bonds is 6. The van der Waals surface area contributed by atoms with Gasteiger partial charge in [-0.25, -0.2) is 14.4 Å². The van der Waals surface area contributed by atoms with E-state index >= 15 is 0 Å². The fourth-order valence-electron chi connectivity index (χ4n) is 3.85. The third-order valence-electron chi connectivity index (χ3n) is 5.50. The first-order valence-corrected chi connectivity index (χ1v) is 11.0. The summed E-state index contributed by atoms with van der Waals surface area (Å²) in [6.07, 6.45) is 9.72. The lowest BCUT2D eigenvalue weighted by molar-refractivity contribution is -0.119. The summed E-state index contributed by atoms with van der Waals surface area (Å²) in [6.45, 7) is 1.74. The maximum atomic E-state index is 13.7. The van der Waals surface area contributed by atoms with Crippen molar-refractivity contribution in [2.24, 2.45) is 5.92 Å². The van der Waals surface area contributed by atoms with E-state index < -0.39 is 0 Å². The van der Waals surface area contributed by atoms with Gasteiger partial charge in [-0.05, 0) is 74.1 Å². The highest BCUT2D eigenvalue weighted by Gasteiger charge is 2.26. The predicted octanol–water partition coefficient (Wildman–Crippen LogP) is 3.82. The molecule has 0 N–H and O–H groups in total. The summed E-state index contributed by atoms with van der Waals surface area (Å²) < 4.78 is 13.7. The first kappa shape index (κ1) is 20.7. The quantitative estimate of drug-likeness (QED) is 0.513. The third-order valence-corrected chi connectivity index (χ3v) is 6.44. The zero-order valence-corrected chi connectivity index (χ0v) is 17.4. The molecule has 30 heavy (non-hydrogen) atoms. The van der Waals surface area contributed by atoms with Crippen LogP contribution >= 0.6 is 11.8 Å². The van der Waals surface area contributed by atoms with Gasteiger partial charge in [0, 0.05) is 25.5 Å². The van der Waals surface area contributed by atoms with E-state index in [1.54, 1.807) is 30.6 Å². The van der Waals surface area contributed by atoms with Crippen LogP contribution in [0.1, 0.15) is 43.5 Å². The fraction of sp³-hybridized carbons (Fsp3) is 0.409. The van der Waals surface area contributed by atoms with Gasteiger partial charge in [-0.3, -0.25) is 14.6 Å². The van der Waals surface area contributed by atoms with Crippen LogP contribution < -0.4 is 4.90 Å². The van der Waals surface area contributed by atoms with Crippen LogP contribution in [0.4, 0.5) is 10.3 Å². The molecule has 0 unspecified atom stereocenters. The molecule has 0 aromatic carbocycles. The van der Waals surface area contributed by atoms with Gasteiger partial charge in [-0.2, -0.15) is 0 Å². The highest BCUT2D eigenvalue weighted by Crippen LogP contribution is 2.30. The number of hydrogen-bond acceptors (Lipinski definition) is 7. The van der Waals surface area contributed by atoms with Crippen LogP contribution in [-0.4, -0.2) is 38.9 Å². The number of piperidine rings is 1. The Balaban J connectivity index is 1.29. The number of ketones is 1. The van der Waals surface area contributed by atoms with Gasteiger partial charge in [-0.15, -0.1) is 0 Å². The highest BCUT2D eigenvalue weighted by molar-refractivity contribution is 8.18. The van der Waals surface area contributed by atoms with E-state index in [0.29, 0.717) is 34.6 Å². The van der Waals surface area contributed by atoms with Crippen LogP contribution in [0.5, 0.6) is 0 Å². The Hall–Kier alpha value is -2.61. The second kappa shape index (κ2) is 9.47. The molecule has 0 saturated carbocycles. The number of halogens is 1. The Morgan fingerprint density at radius 3 is 2.73 bits per heavy atom. The molecule has 6 nitrogen and oxygen atoms in total.